The maximum absolute atomic E-state index is 4.91. The summed E-state index contributed by atoms with van der Waals surface area (Å²) in [6.45, 7) is 0. The van der Waals surface area contributed by atoms with Crippen molar-refractivity contribution in [3.63, 3.8) is 0 Å². The Morgan fingerprint density at radius 1 is 0.800 bits per heavy atom. The normalized spacial score (nSPS) is 8.67. The molecule has 78 valence electrons. The molecule has 1 unspecified atom stereocenters. The Kier molecular flexibility index (Phi) is 5.50. The molecular weight excluding hydrogens is 203 g/mol. The summed E-state index contributed by atoms with van der Waals surface area (Å²) in [6.07, 6.45) is 0. The summed E-state index contributed by atoms with van der Waals surface area (Å²) >= 11 is 0. The number of benzene rings is 2. The molecule has 2 heteroatoms. The van der Waals surface area contributed by atoms with E-state index < -0.39 is 0 Å². The van der Waals surface area contributed by atoms with Crippen LogP contribution in [0.2, 0.25) is 0 Å². The molecule has 0 amide bonds. The van der Waals surface area contributed by atoms with Crippen LogP contribution in [0.3, 0.4) is 0 Å². The summed E-state index contributed by atoms with van der Waals surface area (Å²) in [5, 5.41) is 1.24. The fourth-order valence-corrected chi connectivity index (χ4v) is 1.23. The van der Waals surface area contributed by atoms with Gasteiger partial charge in [-0.2, -0.15) is 0 Å². The first-order chi connectivity index (χ1) is 7.33. The summed E-state index contributed by atoms with van der Waals surface area (Å²) in [7, 11) is 4.29. The second-order valence-electron chi connectivity index (χ2n) is 2.93. The van der Waals surface area contributed by atoms with Gasteiger partial charge in [0.15, 0.2) is 0 Å². The van der Waals surface area contributed by atoms with Gasteiger partial charge in [-0.3, -0.25) is 0 Å². The largest absolute Gasteiger partial charge is 0.497 e. The van der Waals surface area contributed by atoms with Gasteiger partial charge in [-0.1, -0.05) is 48.5 Å². The minimum absolute atomic E-state index is 0.910. The summed E-state index contributed by atoms with van der Waals surface area (Å²) < 4.78 is 4.91. The SMILES string of the molecule is COc1ccccc1.Pc1ccccc1. The quantitative estimate of drug-likeness (QED) is 0.669. The van der Waals surface area contributed by atoms with E-state index in [1.54, 1.807) is 7.11 Å². The lowest BCUT2D eigenvalue weighted by atomic mass is 10.3. The molecule has 0 spiro atoms. The minimum atomic E-state index is 0.910. The van der Waals surface area contributed by atoms with Gasteiger partial charge in [0.25, 0.3) is 0 Å². The van der Waals surface area contributed by atoms with Gasteiger partial charge in [0.1, 0.15) is 5.75 Å². The van der Waals surface area contributed by atoms with Crippen LogP contribution < -0.4 is 10.0 Å². The highest BCUT2D eigenvalue weighted by Crippen LogP contribution is 2.05. The highest BCUT2D eigenvalue weighted by Gasteiger charge is 1.80. The molecule has 0 fully saturated rings. The van der Waals surface area contributed by atoms with E-state index in [9.17, 15) is 0 Å². The monoisotopic (exact) mass is 218 g/mol. The van der Waals surface area contributed by atoms with Crippen molar-refractivity contribution in [2.75, 3.05) is 7.11 Å². The van der Waals surface area contributed by atoms with Crippen molar-refractivity contribution in [1.29, 1.82) is 0 Å². The number of para-hydroxylation sites is 1. The average molecular weight is 218 g/mol. The van der Waals surface area contributed by atoms with Crippen LogP contribution in [0.15, 0.2) is 60.7 Å². The van der Waals surface area contributed by atoms with E-state index in [-0.39, 0.29) is 0 Å². The topological polar surface area (TPSA) is 9.23 Å². The Balaban J connectivity index is 0.000000151. The molecule has 2 aromatic rings. The third kappa shape index (κ3) is 5.19. The van der Waals surface area contributed by atoms with E-state index in [1.807, 2.05) is 60.7 Å². The first-order valence-electron chi connectivity index (χ1n) is 4.72. The molecular formula is C13H15OP. The second-order valence-corrected chi connectivity index (χ2v) is 3.59. The number of ether oxygens (including phenoxy) is 1. The van der Waals surface area contributed by atoms with Gasteiger partial charge in [-0.25, -0.2) is 0 Å². The highest BCUT2D eigenvalue weighted by molar-refractivity contribution is 7.27. The molecule has 2 rings (SSSR count). The van der Waals surface area contributed by atoms with Gasteiger partial charge >= 0.3 is 0 Å². The van der Waals surface area contributed by atoms with Crippen molar-refractivity contribution in [3.8, 4) is 5.75 Å². The first-order valence-corrected chi connectivity index (χ1v) is 5.30. The van der Waals surface area contributed by atoms with Gasteiger partial charge < -0.3 is 4.74 Å². The van der Waals surface area contributed by atoms with Crippen LogP contribution in [0.1, 0.15) is 0 Å². The number of rotatable bonds is 1. The molecule has 0 radical (unpaired) electrons. The highest BCUT2D eigenvalue weighted by atomic mass is 31.0. The van der Waals surface area contributed by atoms with Crippen molar-refractivity contribution in [1.82, 2.24) is 0 Å². The van der Waals surface area contributed by atoms with Crippen LogP contribution in [0.5, 0.6) is 5.75 Å². The molecule has 1 nitrogen and oxygen atoms in total. The molecule has 0 aliphatic heterocycles. The fourth-order valence-electron chi connectivity index (χ4n) is 1.01. The van der Waals surface area contributed by atoms with E-state index in [4.69, 9.17) is 4.74 Å². The standard InChI is InChI=1S/C7H8O.C6H7P/c1-8-7-5-3-2-4-6-7;7-6-4-2-1-3-5-6/h2-6H,1H3;1-5H,7H2. The molecule has 15 heavy (non-hydrogen) atoms. The number of hydrogen-bond donors (Lipinski definition) is 0. The van der Waals surface area contributed by atoms with Crippen LogP contribution in [0.4, 0.5) is 0 Å². The first kappa shape index (κ1) is 11.7. The lowest BCUT2D eigenvalue weighted by molar-refractivity contribution is 0.415. The van der Waals surface area contributed by atoms with E-state index in [1.165, 1.54) is 5.30 Å². The van der Waals surface area contributed by atoms with Crippen LogP contribution in [0, 0.1) is 0 Å². The van der Waals surface area contributed by atoms with E-state index >= 15 is 0 Å². The lowest BCUT2D eigenvalue weighted by Gasteiger charge is -1.93. The Morgan fingerprint density at radius 2 is 1.27 bits per heavy atom. The predicted molar refractivity (Wildman–Crippen MR) is 68.8 cm³/mol. The number of methoxy groups -OCH3 is 1. The Morgan fingerprint density at radius 3 is 1.53 bits per heavy atom. The van der Waals surface area contributed by atoms with Gasteiger partial charge in [-0.15, -0.1) is 9.24 Å². The molecule has 0 saturated heterocycles. The Labute approximate surface area is 93.3 Å². The van der Waals surface area contributed by atoms with Crippen molar-refractivity contribution >= 4 is 14.5 Å². The van der Waals surface area contributed by atoms with Gasteiger partial charge in [-0.05, 0) is 17.4 Å². The van der Waals surface area contributed by atoms with Crippen LogP contribution in [-0.2, 0) is 0 Å². The molecule has 1 atom stereocenters. The Bertz CT molecular complexity index is 359. The van der Waals surface area contributed by atoms with Crippen LogP contribution in [0.25, 0.3) is 0 Å². The maximum Gasteiger partial charge on any atom is 0.118 e. The van der Waals surface area contributed by atoms with Crippen molar-refractivity contribution in [2.45, 2.75) is 0 Å². The summed E-state index contributed by atoms with van der Waals surface area (Å²) in [6, 6.07) is 19.8. The molecule has 0 aromatic heterocycles. The van der Waals surface area contributed by atoms with Gasteiger partial charge in [0.2, 0.25) is 0 Å². The van der Waals surface area contributed by atoms with Crippen LogP contribution >= 0.6 is 9.24 Å². The molecule has 2 aromatic carbocycles. The van der Waals surface area contributed by atoms with Crippen LogP contribution in [-0.4, -0.2) is 7.11 Å². The second kappa shape index (κ2) is 7.03. The van der Waals surface area contributed by atoms with E-state index in [0.717, 1.165) is 5.75 Å². The zero-order chi connectivity index (χ0) is 10.9. The molecule has 0 bridgehead atoms. The van der Waals surface area contributed by atoms with E-state index in [0.29, 0.717) is 0 Å². The molecule has 0 saturated carbocycles. The molecule has 0 heterocycles. The van der Waals surface area contributed by atoms with Gasteiger partial charge in [0, 0.05) is 0 Å². The molecule has 0 N–H and O–H groups in total. The number of hydrogen-bond acceptors (Lipinski definition) is 1. The van der Waals surface area contributed by atoms with Crippen molar-refractivity contribution in [3.05, 3.63) is 60.7 Å². The predicted octanol–water partition coefficient (Wildman–Crippen LogP) is 2.88. The average Bonchev–Trinajstić information content (AvgIpc) is 2.32. The third-order valence-corrected chi connectivity index (χ3v) is 2.16. The fraction of sp³-hybridized carbons (Fsp3) is 0.0769. The summed E-state index contributed by atoms with van der Waals surface area (Å²) in [5.41, 5.74) is 0. The van der Waals surface area contributed by atoms with E-state index in [2.05, 4.69) is 9.24 Å². The Hall–Kier alpha value is -1.33. The molecule has 0 aliphatic carbocycles. The van der Waals surface area contributed by atoms with Crippen molar-refractivity contribution < 1.29 is 4.74 Å². The summed E-state index contributed by atoms with van der Waals surface area (Å²) in [4.78, 5) is 0. The molecule has 0 aliphatic rings. The lowest BCUT2D eigenvalue weighted by Crippen LogP contribution is -1.82. The maximum atomic E-state index is 4.91. The third-order valence-electron chi connectivity index (χ3n) is 1.78. The summed E-state index contributed by atoms with van der Waals surface area (Å²) in [5.74, 6) is 0.910. The minimum Gasteiger partial charge on any atom is -0.497 e. The zero-order valence-electron chi connectivity index (χ0n) is 8.76. The van der Waals surface area contributed by atoms with Crippen molar-refractivity contribution in [2.24, 2.45) is 0 Å². The smallest absolute Gasteiger partial charge is 0.118 e. The zero-order valence-corrected chi connectivity index (χ0v) is 9.91. The van der Waals surface area contributed by atoms with Gasteiger partial charge in [0.05, 0.1) is 7.11 Å².